The summed E-state index contributed by atoms with van der Waals surface area (Å²) in [7, 11) is 1.98. The first-order chi connectivity index (χ1) is 9.29. The predicted octanol–water partition coefficient (Wildman–Crippen LogP) is 3.91. The molecular weight excluding hydrogens is 252 g/mol. The quantitative estimate of drug-likeness (QED) is 0.779. The Kier molecular flexibility index (Phi) is 3.32. The van der Waals surface area contributed by atoms with E-state index in [2.05, 4.69) is 48.0 Å². The van der Waals surface area contributed by atoms with Crippen molar-refractivity contribution in [3.05, 3.63) is 64.0 Å². The average Bonchev–Trinajstić information content (AvgIpc) is 2.86. The summed E-state index contributed by atoms with van der Waals surface area (Å²) in [6.45, 7) is 2.16. The highest BCUT2D eigenvalue weighted by Gasteiger charge is 2.16. The van der Waals surface area contributed by atoms with Gasteiger partial charge in [0, 0.05) is 10.3 Å². The highest BCUT2D eigenvalue weighted by Crippen LogP contribution is 2.27. The molecule has 0 aliphatic heterocycles. The van der Waals surface area contributed by atoms with E-state index in [4.69, 9.17) is 4.98 Å². The van der Waals surface area contributed by atoms with Crippen LogP contribution in [0.1, 0.15) is 22.2 Å². The van der Waals surface area contributed by atoms with Crippen LogP contribution < -0.4 is 5.32 Å². The molecule has 3 heteroatoms. The van der Waals surface area contributed by atoms with E-state index in [-0.39, 0.29) is 6.04 Å². The lowest BCUT2D eigenvalue weighted by Gasteiger charge is -2.16. The molecule has 0 bridgehead atoms. The van der Waals surface area contributed by atoms with Crippen molar-refractivity contribution in [1.82, 2.24) is 10.3 Å². The monoisotopic (exact) mass is 268 g/mol. The van der Waals surface area contributed by atoms with Crippen molar-refractivity contribution in [2.75, 3.05) is 7.05 Å². The Morgan fingerprint density at radius 2 is 1.95 bits per heavy atom. The van der Waals surface area contributed by atoms with Gasteiger partial charge in [-0.15, -0.1) is 11.3 Å². The van der Waals surface area contributed by atoms with Gasteiger partial charge < -0.3 is 5.32 Å². The van der Waals surface area contributed by atoms with Crippen molar-refractivity contribution in [2.24, 2.45) is 0 Å². The summed E-state index contributed by atoms with van der Waals surface area (Å²) in [6.07, 6.45) is 0. The Bertz CT molecular complexity index is 703. The van der Waals surface area contributed by atoms with Gasteiger partial charge in [0.05, 0.1) is 17.3 Å². The minimum atomic E-state index is 0.163. The van der Waals surface area contributed by atoms with Crippen molar-refractivity contribution in [3.63, 3.8) is 0 Å². The third-order valence-electron chi connectivity index (χ3n) is 3.41. The maximum absolute atomic E-state index is 4.79. The number of hydrogen-bond acceptors (Lipinski definition) is 3. The van der Waals surface area contributed by atoms with Crippen LogP contribution in [-0.2, 0) is 0 Å². The molecule has 19 heavy (non-hydrogen) atoms. The van der Waals surface area contributed by atoms with E-state index in [1.165, 1.54) is 15.8 Å². The first-order valence-electron chi connectivity index (χ1n) is 6.36. The summed E-state index contributed by atoms with van der Waals surface area (Å²) in [4.78, 5) is 6.13. The molecule has 0 saturated carbocycles. The second kappa shape index (κ2) is 5.11. The number of thiophene rings is 1. The molecule has 0 saturated heterocycles. The van der Waals surface area contributed by atoms with E-state index < -0.39 is 0 Å². The number of nitrogens with zero attached hydrogens (tertiary/aromatic N) is 1. The van der Waals surface area contributed by atoms with Gasteiger partial charge in [0.1, 0.15) is 0 Å². The number of fused-ring (bicyclic) bond motifs is 1. The molecule has 1 aromatic carbocycles. The molecular formula is C16H16N2S. The smallest absolute Gasteiger partial charge is 0.0759 e. The fourth-order valence-electron chi connectivity index (χ4n) is 2.40. The molecule has 2 nitrogen and oxygen atoms in total. The van der Waals surface area contributed by atoms with E-state index in [1.807, 2.05) is 19.2 Å². The summed E-state index contributed by atoms with van der Waals surface area (Å²) in [5, 5.41) is 6.69. The van der Waals surface area contributed by atoms with Gasteiger partial charge in [-0.05, 0) is 43.1 Å². The fraction of sp³-hybridized carbons (Fsp3) is 0.188. The summed E-state index contributed by atoms with van der Waals surface area (Å²) in [5.41, 5.74) is 3.44. The van der Waals surface area contributed by atoms with Gasteiger partial charge in [0.25, 0.3) is 0 Å². The molecule has 3 rings (SSSR count). The molecule has 1 unspecified atom stereocenters. The van der Waals surface area contributed by atoms with Crippen molar-refractivity contribution < 1.29 is 0 Å². The number of para-hydroxylation sites is 1. The van der Waals surface area contributed by atoms with Gasteiger partial charge in [-0.2, -0.15) is 0 Å². The van der Waals surface area contributed by atoms with Crippen LogP contribution in [0, 0.1) is 6.92 Å². The van der Waals surface area contributed by atoms with Crippen LogP contribution in [0.15, 0.2) is 47.8 Å². The number of benzene rings is 1. The molecule has 3 aromatic rings. The summed E-state index contributed by atoms with van der Waals surface area (Å²) < 4.78 is 0. The van der Waals surface area contributed by atoms with E-state index in [9.17, 15) is 0 Å². The van der Waals surface area contributed by atoms with Crippen molar-refractivity contribution in [1.29, 1.82) is 0 Å². The molecule has 0 spiro atoms. The van der Waals surface area contributed by atoms with Crippen LogP contribution in [-0.4, -0.2) is 12.0 Å². The lowest BCUT2D eigenvalue weighted by Crippen LogP contribution is -2.19. The molecule has 1 N–H and O–H groups in total. The Balaban J connectivity index is 2.09. The Hall–Kier alpha value is -1.71. The molecule has 0 radical (unpaired) electrons. The third-order valence-corrected chi connectivity index (χ3v) is 4.28. The number of aryl methyl sites for hydroxylation is 1. The van der Waals surface area contributed by atoms with Crippen LogP contribution >= 0.6 is 11.3 Å². The molecule has 0 aliphatic rings. The number of nitrogens with one attached hydrogen (secondary N) is 1. The normalized spacial score (nSPS) is 12.7. The molecule has 0 fully saturated rings. The topological polar surface area (TPSA) is 24.9 Å². The van der Waals surface area contributed by atoms with Gasteiger partial charge in [-0.1, -0.05) is 24.3 Å². The van der Waals surface area contributed by atoms with Crippen LogP contribution in [0.25, 0.3) is 10.9 Å². The lowest BCUT2D eigenvalue weighted by atomic mass is 10.0. The number of pyridine rings is 1. The summed E-state index contributed by atoms with van der Waals surface area (Å²) in [5.74, 6) is 0. The second-order valence-electron chi connectivity index (χ2n) is 4.58. The van der Waals surface area contributed by atoms with Gasteiger partial charge in [-0.3, -0.25) is 4.98 Å². The Labute approximate surface area is 117 Å². The van der Waals surface area contributed by atoms with E-state index >= 15 is 0 Å². The second-order valence-corrected chi connectivity index (χ2v) is 5.70. The van der Waals surface area contributed by atoms with Crippen molar-refractivity contribution >= 4 is 22.2 Å². The van der Waals surface area contributed by atoms with Crippen molar-refractivity contribution in [3.8, 4) is 0 Å². The average molecular weight is 268 g/mol. The van der Waals surface area contributed by atoms with Gasteiger partial charge in [-0.25, -0.2) is 0 Å². The SMILES string of the molecule is CNC(c1ccc2ccccc2n1)c1ccsc1C. The maximum Gasteiger partial charge on any atom is 0.0759 e. The van der Waals surface area contributed by atoms with Crippen LogP contribution in [0.2, 0.25) is 0 Å². The number of hydrogen-bond donors (Lipinski definition) is 1. The first kappa shape index (κ1) is 12.3. The highest BCUT2D eigenvalue weighted by molar-refractivity contribution is 7.10. The summed E-state index contributed by atoms with van der Waals surface area (Å²) in [6, 6.07) is 14.8. The van der Waals surface area contributed by atoms with E-state index in [0.29, 0.717) is 0 Å². The van der Waals surface area contributed by atoms with Crippen molar-refractivity contribution in [2.45, 2.75) is 13.0 Å². The standard InChI is InChI=1S/C16H16N2S/c1-11-13(9-10-19-11)16(17-2)15-8-7-12-5-3-4-6-14(12)18-15/h3-10,16-17H,1-2H3. The number of aromatic nitrogens is 1. The molecule has 1 atom stereocenters. The third kappa shape index (κ3) is 2.27. The minimum Gasteiger partial charge on any atom is -0.308 e. The highest BCUT2D eigenvalue weighted by atomic mass is 32.1. The zero-order valence-electron chi connectivity index (χ0n) is 11.1. The fourth-order valence-corrected chi connectivity index (χ4v) is 3.14. The largest absolute Gasteiger partial charge is 0.308 e. The summed E-state index contributed by atoms with van der Waals surface area (Å²) >= 11 is 1.78. The maximum atomic E-state index is 4.79. The molecule has 96 valence electrons. The molecule has 2 heterocycles. The zero-order chi connectivity index (χ0) is 13.2. The van der Waals surface area contributed by atoms with Crippen LogP contribution in [0.5, 0.6) is 0 Å². The van der Waals surface area contributed by atoms with Crippen LogP contribution in [0.3, 0.4) is 0 Å². The predicted molar refractivity (Wildman–Crippen MR) is 81.7 cm³/mol. The van der Waals surface area contributed by atoms with Gasteiger partial charge >= 0.3 is 0 Å². The first-order valence-corrected chi connectivity index (χ1v) is 7.24. The molecule has 2 aromatic heterocycles. The minimum absolute atomic E-state index is 0.163. The van der Waals surface area contributed by atoms with Gasteiger partial charge in [0.2, 0.25) is 0 Å². The van der Waals surface area contributed by atoms with Crippen LogP contribution in [0.4, 0.5) is 0 Å². The Morgan fingerprint density at radius 3 is 2.68 bits per heavy atom. The number of rotatable bonds is 3. The molecule has 0 amide bonds. The van der Waals surface area contributed by atoms with E-state index in [0.717, 1.165) is 11.2 Å². The molecule has 0 aliphatic carbocycles. The lowest BCUT2D eigenvalue weighted by molar-refractivity contribution is 0.673. The van der Waals surface area contributed by atoms with E-state index in [1.54, 1.807) is 11.3 Å². The zero-order valence-corrected chi connectivity index (χ0v) is 11.9. The van der Waals surface area contributed by atoms with Gasteiger partial charge in [0.15, 0.2) is 0 Å². The Morgan fingerprint density at radius 1 is 1.11 bits per heavy atom.